The SMILES string of the molecule is Nc1c(C(F)(F)F)cc(C(F)F)nc1CBr. The molecule has 16 heavy (non-hydrogen) atoms. The first-order valence-corrected chi connectivity index (χ1v) is 5.10. The quantitative estimate of drug-likeness (QED) is 0.671. The van der Waals surface area contributed by atoms with E-state index in [4.69, 9.17) is 5.73 Å². The summed E-state index contributed by atoms with van der Waals surface area (Å²) < 4.78 is 61.9. The molecule has 1 aromatic rings. The van der Waals surface area contributed by atoms with E-state index in [9.17, 15) is 22.0 Å². The highest BCUT2D eigenvalue weighted by Gasteiger charge is 2.35. The maximum absolute atomic E-state index is 12.4. The van der Waals surface area contributed by atoms with Crippen molar-refractivity contribution in [3.63, 3.8) is 0 Å². The predicted molar refractivity (Wildman–Crippen MR) is 51.2 cm³/mol. The van der Waals surface area contributed by atoms with Crippen molar-refractivity contribution in [2.24, 2.45) is 0 Å². The van der Waals surface area contributed by atoms with Crippen LogP contribution in [0.25, 0.3) is 0 Å². The summed E-state index contributed by atoms with van der Waals surface area (Å²) in [5.74, 6) is 0. The van der Waals surface area contributed by atoms with Gasteiger partial charge in [0.1, 0.15) is 5.69 Å². The zero-order valence-corrected chi connectivity index (χ0v) is 9.24. The van der Waals surface area contributed by atoms with Gasteiger partial charge in [-0.15, -0.1) is 0 Å². The van der Waals surface area contributed by atoms with Crippen LogP contribution in [-0.2, 0) is 11.5 Å². The van der Waals surface area contributed by atoms with Crippen LogP contribution in [0.3, 0.4) is 0 Å². The maximum Gasteiger partial charge on any atom is 0.418 e. The number of pyridine rings is 1. The Kier molecular flexibility index (Phi) is 3.72. The molecule has 8 heteroatoms. The first-order valence-electron chi connectivity index (χ1n) is 3.98. The van der Waals surface area contributed by atoms with Gasteiger partial charge in [0.15, 0.2) is 0 Å². The highest BCUT2D eigenvalue weighted by Crippen LogP contribution is 2.37. The van der Waals surface area contributed by atoms with Crippen molar-refractivity contribution in [2.45, 2.75) is 17.9 Å². The second-order valence-electron chi connectivity index (χ2n) is 2.89. The van der Waals surface area contributed by atoms with Crippen LogP contribution in [0, 0.1) is 0 Å². The Balaban J connectivity index is 3.42. The number of nitrogen functional groups attached to an aromatic ring is 1. The van der Waals surface area contributed by atoms with Gasteiger partial charge in [0, 0.05) is 5.33 Å². The molecule has 0 aliphatic heterocycles. The Morgan fingerprint density at radius 2 is 1.94 bits per heavy atom. The number of hydrogen-bond donors (Lipinski definition) is 1. The average Bonchev–Trinajstić information content (AvgIpc) is 2.15. The number of aromatic nitrogens is 1. The molecular formula is C8H6BrF5N2. The van der Waals surface area contributed by atoms with E-state index >= 15 is 0 Å². The molecule has 0 atom stereocenters. The highest BCUT2D eigenvalue weighted by atomic mass is 79.9. The molecule has 1 rings (SSSR count). The fourth-order valence-electron chi connectivity index (χ4n) is 1.08. The van der Waals surface area contributed by atoms with Gasteiger partial charge in [-0.25, -0.2) is 13.8 Å². The molecule has 0 unspecified atom stereocenters. The standard InChI is InChI=1S/C8H6BrF5N2/c9-2-5-6(15)3(8(12,13)14)1-4(16-5)7(10)11/h1,7H,2,15H2. The number of anilines is 1. The molecule has 2 nitrogen and oxygen atoms in total. The smallest absolute Gasteiger partial charge is 0.397 e. The van der Waals surface area contributed by atoms with E-state index in [0.29, 0.717) is 0 Å². The highest BCUT2D eigenvalue weighted by molar-refractivity contribution is 9.08. The van der Waals surface area contributed by atoms with Crippen molar-refractivity contribution in [1.29, 1.82) is 0 Å². The molecule has 0 fully saturated rings. The van der Waals surface area contributed by atoms with E-state index in [0.717, 1.165) is 0 Å². The van der Waals surface area contributed by atoms with Gasteiger partial charge in [-0.3, -0.25) is 0 Å². The van der Waals surface area contributed by atoms with Crippen molar-refractivity contribution < 1.29 is 22.0 Å². The van der Waals surface area contributed by atoms with E-state index in [1.165, 1.54) is 0 Å². The number of alkyl halides is 6. The lowest BCUT2D eigenvalue weighted by atomic mass is 10.1. The topological polar surface area (TPSA) is 38.9 Å². The molecular weight excluding hydrogens is 299 g/mol. The number of hydrogen-bond acceptors (Lipinski definition) is 2. The van der Waals surface area contributed by atoms with E-state index < -0.39 is 29.5 Å². The maximum atomic E-state index is 12.4. The summed E-state index contributed by atoms with van der Waals surface area (Å²) in [6.45, 7) is 0. The molecule has 1 heterocycles. The molecule has 0 aliphatic carbocycles. The summed E-state index contributed by atoms with van der Waals surface area (Å²) >= 11 is 2.84. The minimum atomic E-state index is -4.77. The Morgan fingerprint density at radius 3 is 2.31 bits per heavy atom. The van der Waals surface area contributed by atoms with Gasteiger partial charge >= 0.3 is 6.18 Å². The lowest BCUT2D eigenvalue weighted by Crippen LogP contribution is -2.13. The van der Waals surface area contributed by atoms with Crippen molar-refractivity contribution in [2.75, 3.05) is 5.73 Å². The Labute approximate surface area is 95.8 Å². The Hall–Kier alpha value is -0.920. The van der Waals surface area contributed by atoms with Crippen LogP contribution in [-0.4, -0.2) is 4.98 Å². The molecule has 1 aromatic heterocycles. The zero-order chi connectivity index (χ0) is 12.5. The predicted octanol–water partition coefficient (Wildman–Crippen LogP) is 3.52. The van der Waals surface area contributed by atoms with Crippen LogP contribution in [0.1, 0.15) is 23.4 Å². The zero-order valence-electron chi connectivity index (χ0n) is 7.65. The van der Waals surface area contributed by atoms with Crippen LogP contribution in [0.2, 0.25) is 0 Å². The molecule has 0 amide bonds. The third-order valence-electron chi connectivity index (χ3n) is 1.81. The monoisotopic (exact) mass is 304 g/mol. The fraction of sp³-hybridized carbons (Fsp3) is 0.375. The second-order valence-corrected chi connectivity index (χ2v) is 3.45. The minimum Gasteiger partial charge on any atom is -0.397 e. The van der Waals surface area contributed by atoms with Crippen LogP contribution in [0.5, 0.6) is 0 Å². The van der Waals surface area contributed by atoms with Gasteiger partial charge in [0.25, 0.3) is 6.43 Å². The van der Waals surface area contributed by atoms with E-state index in [2.05, 4.69) is 20.9 Å². The second kappa shape index (κ2) is 4.52. The number of rotatable bonds is 2. The van der Waals surface area contributed by atoms with Crippen molar-refractivity contribution in [1.82, 2.24) is 4.98 Å². The van der Waals surface area contributed by atoms with Crippen LogP contribution in [0.15, 0.2) is 6.07 Å². The van der Waals surface area contributed by atoms with Crippen LogP contribution in [0.4, 0.5) is 27.6 Å². The molecule has 0 aromatic carbocycles. The van der Waals surface area contributed by atoms with Crippen LogP contribution < -0.4 is 5.73 Å². The van der Waals surface area contributed by atoms with Gasteiger partial charge in [-0.1, -0.05) is 15.9 Å². The molecule has 2 N–H and O–H groups in total. The van der Waals surface area contributed by atoms with Gasteiger partial charge in [-0.05, 0) is 6.07 Å². The van der Waals surface area contributed by atoms with Gasteiger partial charge in [0.2, 0.25) is 0 Å². The number of nitrogens with two attached hydrogens (primary N) is 1. The summed E-state index contributed by atoms with van der Waals surface area (Å²) in [6, 6.07) is 0.270. The molecule has 90 valence electrons. The summed E-state index contributed by atoms with van der Waals surface area (Å²) in [7, 11) is 0. The van der Waals surface area contributed by atoms with Gasteiger partial charge in [-0.2, -0.15) is 13.2 Å². The third-order valence-corrected chi connectivity index (χ3v) is 2.34. The van der Waals surface area contributed by atoms with E-state index in [-0.39, 0.29) is 17.1 Å². The molecule has 0 saturated carbocycles. The molecule has 0 aliphatic rings. The first kappa shape index (κ1) is 13.1. The van der Waals surface area contributed by atoms with Crippen molar-refractivity contribution >= 4 is 21.6 Å². The normalized spacial score (nSPS) is 12.2. The van der Waals surface area contributed by atoms with Gasteiger partial charge in [0.05, 0.1) is 16.9 Å². The first-order chi connectivity index (χ1) is 7.27. The molecule has 0 spiro atoms. The van der Waals surface area contributed by atoms with Gasteiger partial charge < -0.3 is 5.73 Å². The summed E-state index contributed by atoms with van der Waals surface area (Å²) in [5.41, 5.74) is 2.10. The van der Waals surface area contributed by atoms with Crippen LogP contribution >= 0.6 is 15.9 Å². The van der Waals surface area contributed by atoms with Crippen molar-refractivity contribution in [3.8, 4) is 0 Å². The van der Waals surface area contributed by atoms with E-state index in [1.54, 1.807) is 0 Å². The summed E-state index contributed by atoms with van der Waals surface area (Å²) in [4.78, 5) is 3.34. The number of halogens is 6. The third kappa shape index (κ3) is 2.60. The molecule has 0 radical (unpaired) electrons. The molecule has 0 bridgehead atoms. The summed E-state index contributed by atoms with van der Waals surface area (Å²) in [6.07, 6.45) is -7.84. The lowest BCUT2D eigenvalue weighted by Gasteiger charge is -2.13. The van der Waals surface area contributed by atoms with Crippen molar-refractivity contribution in [3.05, 3.63) is 23.0 Å². The molecule has 0 saturated heterocycles. The minimum absolute atomic E-state index is 0.123. The Morgan fingerprint density at radius 1 is 1.38 bits per heavy atom. The lowest BCUT2D eigenvalue weighted by molar-refractivity contribution is -0.137. The summed E-state index contributed by atoms with van der Waals surface area (Å²) in [5, 5.41) is -0.123. The average molecular weight is 305 g/mol. The van der Waals surface area contributed by atoms with E-state index in [1.807, 2.05) is 0 Å². The Bertz CT molecular complexity index is 391. The number of nitrogens with zero attached hydrogens (tertiary/aromatic N) is 1. The largest absolute Gasteiger partial charge is 0.418 e. The fourth-order valence-corrected chi connectivity index (χ4v) is 1.51.